The van der Waals surface area contributed by atoms with Crippen LogP contribution in [-0.4, -0.2) is 33.5 Å². The first-order chi connectivity index (χ1) is 24.7. The van der Waals surface area contributed by atoms with Crippen molar-refractivity contribution >= 4 is 9.84 Å². The number of hydrogen-bond donors (Lipinski definition) is 2. The Labute approximate surface area is 322 Å². The zero-order chi connectivity index (χ0) is 41.7. The molecule has 1 aliphatic carbocycles. The number of hydrogen-bond acceptors (Lipinski definition) is 6. The van der Waals surface area contributed by atoms with Crippen LogP contribution >= 0.6 is 0 Å². The molecule has 302 valence electrons. The average molecular weight is 748 g/mol. The molecule has 0 atom stereocenters. The van der Waals surface area contributed by atoms with Gasteiger partial charge in [0, 0.05) is 46.6 Å². The maximum Gasteiger partial charge on any atom is 0.193 e. The molecule has 0 saturated heterocycles. The van der Waals surface area contributed by atoms with Gasteiger partial charge in [0.25, 0.3) is 0 Å². The van der Waals surface area contributed by atoms with E-state index in [1.807, 2.05) is 102 Å². The van der Waals surface area contributed by atoms with Gasteiger partial charge in [-0.2, -0.15) is 0 Å². The topological polar surface area (TPSA) is 118 Å². The van der Waals surface area contributed by atoms with Crippen LogP contribution in [0.5, 0.6) is 0 Å². The van der Waals surface area contributed by atoms with Gasteiger partial charge in [-0.1, -0.05) is 167 Å². The summed E-state index contributed by atoms with van der Waals surface area (Å²) in [5.74, 6) is 3.58. The molecule has 3 aromatic heterocycles. The van der Waals surface area contributed by atoms with E-state index in [1.165, 1.54) is 28.6 Å². The van der Waals surface area contributed by atoms with Crippen molar-refractivity contribution < 1.29 is 12.9 Å². The second-order valence-corrected chi connectivity index (χ2v) is 13.3. The summed E-state index contributed by atoms with van der Waals surface area (Å²) in [5, 5.41) is 6.12. The van der Waals surface area contributed by atoms with E-state index in [2.05, 4.69) is 98.7 Å². The third-order valence-electron chi connectivity index (χ3n) is 6.27. The molecule has 0 fully saturated rings. The summed E-state index contributed by atoms with van der Waals surface area (Å²) >= 11 is 0. The summed E-state index contributed by atoms with van der Waals surface area (Å²) < 4.78 is 26.4. The van der Waals surface area contributed by atoms with Crippen molar-refractivity contribution in [2.24, 2.45) is 11.8 Å². The summed E-state index contributed by atoms with van der Waals surface area (Å²) in [7, 11) is -2.98. The van der Waals surface area contributed by atoms with Gasteiger partial charge in [0.15, 0.2) is 9.84 Å². The minimum absolute atomic E-state index is 0.300. The van der Waals surface area contributed by atoms with Crippen molar-refractivity contribution in [1.29, 1.82) is 0 Å². The predicted octanol–water partition coefficient (Wildman–Crippen LogP) is 14.0. The fourth-order valence-electron chi connectivity index (χ4n) is 3.35. The lowest BCUT2D eigenvalue weighted by molar-refractivity contribution is 0.371. The molecule has 0 bridgehead atoms. The monoisotopic (exact) mass is 748 g/mol. The van der Waals surface area contributed by atoms with Crippen molar-refractivity contribution in [3.8, 4) is 0 Å². The van der Waals surface area contributed by atoms with Crippen molar-refractivity contribution in [2.75, 3.05) is 0 Å². The third kappa shape index (κ3) is 31.3. The summed E-state index contributed by atoms with van der Waals surface area (Å²) in [4.78, 5) is 13.8. The van der Waals surface area contributed by atoms with Crippen LogP contribution < -0.4 is 0 Å². The Morgan fingerprint density at radius 1 is 0.654 bits per heavy atom. The SMILES string of the molecule is CC.CC.CC.CC.CC.CC(C)C1=CC=CC1.CC(C)C1=CS(=O)(=O)C=C1.CC(C)c1ccno1.CC(C)c1cnc[nH]1.CC(C)c1cnc[nH]1. The Hall–Kier alpha value is -3.46. The molecule has 0 saturated carbocycles. The lowest BCUT2D eigenvalue weighted by Gasteiger charge is -2.02. The van der Waals surface area contributed by atoms with Crippen molar-refractivity contribution in [3.63, 3.8) is 0 Å². The minimum Gasteiger partial charge on any atom is -0.361 e. The standard InChI is InChI=1S/C8H12.C7H10O2S.2C6H10N2.C6H9NO.5C2H6/c1-7(2)8-5-3-4-6-8;1-6(2)7-3-4-10(8,9)5-7;2*1-5(2)6-3-7-4-8-6;1-5(2)6-3-4-7-8-6;5*1-2/h3-5,7H,6H2,1-2H3;3-6H,1-2H3;2*3-5H,1-2H3,(H,7,8);3-5H,1-2H3;5*1-2H3. The zero-order valence-corrected chi connectivity index (χ0v) is 37.8. The molecule has 52 heavy (non-hydrogen) atoms. The number of rotatable bonds is 5. The predicted molar refractivity (Wildman–Crippen MR) is 230 cm³/mol. The first kappa shape index (κ1) is 57.9. The second kappa shape index (κ2) is 38.8. The van der Waals surface area contributed by atoms with Crippen LogP contribution in [-0.2, 0) is 9.84 Å². The van der Waals surface area contributed by atoms with Crippen LogP contribution in [0, 0.1) is 11.8 Å². The van der Waals surface area contributed by atoms with E-state index in [0.29, 0.717) is 23.7 Å². The first-order valence-electron chi connectivity index (χ1n) is 19.6. The number of allylic oxidation sites excluding steroid dienone is 6. The molecule has 0 radical (unpaired) electrons. The molecule has 0 amide bonds. The molecule has 2 N–H and O–H groups in total. The van der Waals surface area contributed by atoms with Gasteiger partial charge in [-0.15, -0.1) is 0 Å². The van der Waals surface area contributed by atoms with E-state index in [0.717, 1.165) is 17.3 Å². The summed E-state index contributed by atoms with van der Waals surface area (Å²) in [6, 6.07) is 1.88. The van der Waals surface area contributed by atoms with Gasteiger partial charge >= 0.3 is 0 Å². The van der Waals surface area contributed by atoms with Gasteiger partial charge in [-0.05, 0) is 41.7 Å². The van der Waals surface area contributed by atoms with E-state index in [-0.39, 0.29) is 0 Å². The third-order valence-corrected chi connectivity index (χ3v) is 7.38. The van der Waals surface area contributed by atoms with Crippen LogP contribution in [0.4, 0.5) is 0 Å². The second-order valence-electron chi connectivity index (χ2n) is 11.6. The lowest BCUT2D eigenvalue weighted by Crippen LogP contribution is -1.88. The number of nitrogens with one attached hydrogen (secondary N) is 2. The quantitative estimate of drug-likeness (QED) is 0.268. The number of sulfone groups is 1. The largest absolute Gasteiger partial charge is 0.361 e. The highest BCUT2D eigenvalue weighted by molar-refractivity contribution is 7.97. The number of nitrogens with zero attached hydrogens (tertiary/aromatic N) is 3. The fourth-order valence-corrected chi connectivity index (χ4v) is 4.51. The number of aromatic nitrogens is 5. The minimum atomic E-state index is -2.98. The van der Waals surface area contributed by atoms with E-state index >= 15 is 0 Å². The van der Waals surface area contributed by atoms with Gasteiger partial charge in [-0.25, -0.2) is 18.4 Å². The molecular formula is C43H81N5O3S. The molecule has 0 spiro atoms. The molecule has 5 rings (SSSR count). The highest BCUT2D eigenvalue weighted by Crippen LogP contribution is 2.20. The molecule has 2 aliphatic rings. The summed E-state index contributed by atoms with van der Waals surface area (Å²) in [6.45, 7) is 41.1. The van der Waals surface area contributed by atoms with Crippen molar-refractivity contribution in [2.45, 2.75) is 163 Å². The van der Waals surface area contributed by atoms with E-state index in [4.69, 9.17) is 4.52 Å². The summed E-state index contributed by atoms with van der Waals surface area (Å²) in [5.41, 5.74) is 4.85. The Kier molecular flexibility index (Phi) is 43.1. The maximum absolute atomic E-state index is 10.8. The molecule has 4 heterocycles. The van der Waals surface area contributed by atoms with Crippen LogP contribution in [0.15, 0.2) is 88.1 Å². The van der Waals surface area contributed by atoms with Gasteiger partial charge < -0.3 is 14.5 Å². The van der Waals surface area contributed by atoms with Crippen LogP contribution in [0.25, 0.3) is 0 Å². The highest BCUT2D eigenvalue weighted by Gasteiger charge is 2.12. The van der Waals surface area contributed by atoms with Crippen molar-refractivity contribution in [3.05, 3.63) is 101 Å². The first-order valence-corrected chi connectivity index (χ1v) is 21.2. The lowest BCUT2D eigenvalue weighted by atomic mass is 10.0. The summed E-state index contributed by atoms with van der Waals surface area (Å²) in [6.07, 6.45) is 18.2. The smallest absolute Gasteiger partial charge is 0.193 e. The number of imidazole rings is 2. The van der Waals surface area contributed by atoms with Crippen LogP contribution in [0.2, 0.25) is 0 Å². The van der Waals surface area contributed by atoms with E-state index in [1.54, 1.807) is 30.5 Å². The average Bonchev–Trinajstić information content (AvgIpc) is 4.00. The molecule has 1 aliphatic heterocycles. The fraction of sp³-hybridized carbons (Fsp3) is 0.605. The van der Waals surface area contributed by atoms with Crippen LogP contribution in [0.1, 0.15) is 180 Å². The molecule has 9 heteroatoms. The van der Waals surface area contributed by atoms with Crippen molar-refractivity contribution in [1.82, 2.24) is 25.1 Å². The zero-order valence-electron chi connectivity index (χ0n) is 37.0. The molecule has 3 aromatic rings. The van der Waals surface area contributed by atoms with E-state index < -0.39 is 9.84 Å². The van der Waals surface area contributed by atoms with Gasteiger partial charge in [0.1, 0.15) is 5.76 Å². The maximum atomic E-state index is 10.8. The Morgan fingerprint density at radius 3 is 1.27 bits per heavy atom. The molecule has 0 aromatic carbocycles. The number of aromatic amines is 2. The Balaban J connectivity index is -0.000000167. The molecule has 0 unspecified atom stereocenters. The Morgan fingerprint density at radius 2 is 1.12 bits per heavy atom. The normalized spacial score (nSPS) is 12.2. The van der Waals surface area contributed by atoms with E-state index in [9.17, 15) is 8.42 Å². The number of H-pyrrole nitrogens is 2. The van der Waals surface area contributed by atoms with Gasteiger partial charge in [0.2, 0.25) is 0 Å². The molecule has 8 nitrogen and oxygen atoms in total. The highest BCUT2D eigenvalue weighted by atomic mass is 32.2. The van der Waals surface area contributed by atoms with Gasteiger partial charge in [0.05, 0.1) is 18.9 Å². The molecular weight excluding hydrogens is 667 g/mol. The van der Waals surface area contributed by atoms with Gasteiger partial charge in [-0.3, -0.25) is 0 Å². The Bertz CT molecular complexity index is 1240. The van der Waals surface area contributed by atoms with Crippen LogP contribution in [0.3, 0.4) is 0 Å².